The number of sulfonamides is 1. The van der Waals surface area contributed by atoms with Gasteiger partial charge in [0.25, 0.3) is 11.8 Å². The minimum absolute atomic E-state index is 0.00882. The molecular formula is C25H28N4O5S2. The molecule has 3 aromatic rings. The Morgan fingerprint density at radius 2 is 1.83 bits per heavy atom. The standard InChI is InChI=1S/C25H28N4O5S2/c1-16(2)34-20-8-6-18(7-9-20)25(31)29-12-10-17(11-13-29)24-28-22(15-35-24)23(30)27-19-4-3-5-21(14-19)36(26,32)33/h3-9,14-17H,10-13H2,1-2H3,(H,27,30)(H2,26,32,33). The van der Waals surface area contributed by atoms with Crippen LogP contribution < -0.4 is 15.2 Å². The summed E-state index contributed by atoms with van der Waals surface area (Å²) in [5, 5.41) is 10.4. The van der Waals surface area contributed by atoms with E-state index in [1.54, 1.807) is 23.6 Å². The molecule has 0 atom stereocenters. The van der Waals surface area contributed by atoms with E-state index in [-0.39, 0.29) is 28.5 Å². The number of amides is 2. The van der Waals surface area contributed by atoms with Gasteiger partial charge in [-0.05, 0) is 69.2 Å². The first-order valence-electron chi connectivity index (χ1n) is 11.6. The molecule has 9 nitrogen and oxygen atoms in total. The summed E-state index contributed by atoms with van der Waals surface area (Å²) in [4.78, 5) is 31.8. The van der Waals surface area contributed by atoms with Gasteiger partial charge < -0.3 is 15.0 Å². The van der Waals surface area contributed by atoms with Crippen LogP contribution in [-0.4, -0.2) is 49.3 Å². The summed E-state index contributed by atoms with van der Waals surface area (Å²) in [5.74, 6) is 0.459. The number of aromatic nitrogens is 1. The molecular weight excluding hydrogens is 500 g/mol. The number of hydrogen-bond acceptors (Lipinski definition) is 7. The molecule has 0 aliphatic carbocycles. The van der Waals surface area contributed by atoms with Gasteiger partial charge in [-0.15, -0.1) is 11.3 Å². The van der Waals surface area contributed by atoms with Crippen LogP contribution in [0, 0.1) is 0 Å². The molecule has 3 N–H and O–H groups in total. The van der Waals surface area contributed by atoms with Gasteiger partial charge in [-0.2, -0.15) is 0 Å². The summed E-state index contributed by atoms with van der Waals surface area (Å²) in [5.41, 5.74) is 1.21. The number of carbonyl (C=O) groups is 2. The first-order chi connectivity index (χ1) is 17.1. The number of thiazole rings is 1. The maximum absolute atomic E-state index is 12.9. The molecule has 1 fully saturated rings. The Bertz CT molecular complexity index is 1340. The first-order valence-corrected chi connectivity index (χ1v) is 14.0. The summed E-state index contributed by atoms with van der Waals surface area (Å²) in [6, 6.07) is 13.0. The molecule has 0 radical (unpaired) electrons. The molecule has 2 amide bonds. The minimum atomic E-state index is -3.87. The SMILES string of the molecule is CC(C)Oc1ccc(C(=O)N2CCC(c3nc(C(=O)Nc4cccc(S(N)(=O)=O)c4)cs3)CC2)cc1. The van der Waals surface area contributed by atoms with E-state index >= 15 is 0 Å². The minimum Gasteiger partial charge on any atom is -0.491 e. The lowest BCUT2D eigenvalue weighted by atomic mass is 9.97. The van der Waals surface area contributed by atoms with E-state index in [1.807, 2.05) is 30.9 Å². The number of carbonyl (C=O) groups excluding carboxylic acids is 2. The van der Waals surface area contributed by atoms with E-state index in [9.17, 15) is 18.0 Å². The fourth-order valence-corrected chi connectivity index (χ4v) is 5.52. The van der Waals surface area contributed by atoms with Crippen molar-refractivity contribution in [2.75, 3.05) is 18.4 Å². The van der Waals surface area contributed by atoms with Crippen molar-refractivity contribution in [3.8, 4) is 5.75 Å². The quantitative estimate of drug-likeness (QED) is 0.479. The molecule has 4 rings (SSSR count). The van der Waals surface area contributed by atoms with Gasteiger partial charge in [-0.25, -0.2) is 18.5 Å². The maximum Gasteiger partial charge on any atom is 0.275 e. The molecule has 2 heterocycles. The summed E-state index contributed by atoms with van der Waals surface area (Å²) in [7, 11) is -3.87. The average Bonchev–Trinajstić information content (AvgIpc) is 3.34. The van der Waals surface area contributed by atoms with Crippen LogP contribution in [0.1, 0.15) is 58.5 Å². The van der Waals surface area contributed by atoms with E-state index in [2.05, 4.69) is 10.3 Å². The highest BCUT2D eigenvalue weighted by Gasteiger charge is 2.27. The van der Waals surface area contributed by atoms with E-state index in [0.717, 1.165) is 23.6 Å². The number of primary sulfonamides is 1. The van der Waals surface area contributed by atoms with Crippen LogP contribution in [0.4, 0.5) is 5.69 Å². The lowest BCUT2D eigenvalue weighted by molar-refractivity contribution is 0.0713. The number of nitrogens with two attached hydrogens (primary N) is 1. The highest BCUT2D eigenvalue weighted by atomic mass is 32.2. The van der Waals surface area contributed by atoms with Crippen molar-refractivity contribution in [1.29, 1.82) is 0 Å². The average molecular weight is 529 g/mol. The van der Waals surface area contributed by atoms with Gasteiger partial charge in [0.15, 0.2) is 0 Å². The fourth-order valence-electron chi connectivity index (χ4n) is 3.99. The smallest absolute Gasteiger partial charge is 0.275 e. The molecule has 0 spiro atoms. The number of rotatable bonds is 7. The van der Waals surface area contributed by atoms with E-state index in [4.69, 9.17) is 9.88 Å². The topological polar surface area (TPSA) is 132 Å². The van der Waals surface area contributed by atoms with Crippen LogP contribution in [0.2, 0.25) is 0 Å². The fraction of sp³-hybridized carbons (Fsp3) is 0.320. The summed E-state index contributed by atoms with van der Waals surface area (Å²) >= 11 is 1.41. The maximum atomic E-state index is 12.9. The number of nitrogens with zero attached hydrogens (tertiary/aromatic N) is 2. The molecule has 0 unspecified atom stereocenters. The lowest BCUT2D eigenvalue weighted by Gasteiger charge is -2.31. The van der Waals surface area contributed by atoms with Gasteiger partial charge in [-0.1, -0.05) is 6.07 Å². The molecule has 2 aromatic carbocycles. The van der Waals surface area contributed by atoms with Crippen molar-refractivity contribution in [1.82, 2.24) is 9.88 Å². The Labute approximate surface area is 214 Å². The van der Waals surface area contributed by atoms with E-state index < -0.39 is 15.9 Å². The summed E-state index contributed by atoms with van der Waals surface area (Å²) in [6.07, 6.45) is 1.58. The van der Waals surface area contributed by atoms with Gasteiger partial charge in [0.1, 0.15) is 11.4 Å². The third-order valence-corrected chi connectivity index (χ3v) is 7.70. The number of hydrogen-bond donors (Lipinski definition) is 2. The highest BCUT2D eigenvalue weighted by molar-refractivity contribution is 7.89. The van der Waals surface area contributed by atoms with Crippen molar-refractivity contribution in [2.45, 2.75) is 43.6 Å². The molecule has 190 valence electrons. The predicted octanol–water partition coefficient (Wildman–Crippen LogP) is 3.85. The Hall–Kier alpha value is -3.28. The number of anilines is 1. The van der Waals surface area contributed by atoms with Crippen LogP contribution >= 0.6 is 11.3 Å². The predicted molar refractivity (Wildman–Crippen MR) is 138 cm³/mol. The number of nitrogens with one attached hydrogen (secondary N) is 1. The van der Waals surface area contributed by atoms with Gasteiger partial charge in [0.05, 0.1) is 16.0 Å². The van der Waals surface area contributed by atoms with Crippen LogP contribution in [0.5, 0.6) is 5.75 Å². The lowest BCUT2D eigenvalue weighted by Crippen LogP contribution is -2.37. The second-order valence-corrected chi connectivity index (χ2v) is 11.3. The van der Waals surface area contributed by atoms with Gasteiger partial charge in [0.2, 0.25) is 10.0 Å². The van der Waals surface area contributed by atoms with Crippen molar-refractivity contribution < 1.29 is 22.7 Å². The Balaban J connectivity index is 1.33. The zero-order valence-electron chi connectivity index (χ0n) is 20.0. The third-order valence-electron chi connectivity index (χ3n) is 5.78. The van der Waals surface area contributed by atoms with Crippen LogP contribution in [-0.2, 0) is 10.0 Å². The van der Waals surface area contributed by atoms with Crippen LogP contribution in [0.25, 0.3) is 0 Å². The van der Waals surface area contributed by atoms with Gasteiger partial charge in [-0.3, -0.25) is 9.59 Å². The van der Waals surface area contributed by atoms with Crippen LogP contribution in [0.15, 0.2) is 58.8 Å². The van der Waals surface area contributed by atoms with Gasteiger partial charge in [0, 0.05) is 35.6 Å². The zero-order valence-corrected chi connectivity index (χ0v) is 21.6. The van der Waals surface area contributed by atoms with E-state index in [0.29, 0.717) is 24.3 Å². The summed E-state index contributed by atoms with van der Waals surface area (Å²) in [6.45, 7) is 5.12. The molecule has 1 saturated heterocycles. The van der Waals surface area contributed by atoms with Crippen molar-refractivity contribution in [2.24, 2.45) is 5.14 Å². The molecule has 0 saturated carbocycles. The van der Waals surface area contributed by atoms with Crippen LogP contribution in [0.3, 0.4) is 0 Å². The number of benzene rings is 2. The Kier molecular flexibility index (Phi) is 7.72. The highest BCUT2D eigenvalue weighted by Crippen LogP contribution is 2.31. The Morgan fingerprint density at radius 1 is 1.14 bits per heavy atom. The van der Waals surface area contributed by atoms with Crippen molar-refractivity contribution >= 4 is 38.9 Å². The van der Waals surface area contributed by atoms with E-state index in [1.165, 1.54) is 29.5 Å². The van der Waals surface area contributed by atoms with Crippen molar-refractivity contribution in [3.63, 3.8) is 0 Å². The second kappa shape index (κ2) is 10.8. The molecule has 36 heavy (non-hydrogen) atoms. The third kappa shape index (κ3) is 6.28. The molecule has 11 heteroatoms. The largest absolute Gasteiger partial charge is 0.491 e. The summed E-state index contributed by atoms with van der Waals surface area (Å²) < 4.78 is 28.7. The molecule has 1 aliphatic heterocycles. The Morgan fingerprint density at radius 3 is 2.47 bits per heavy atom. The van der Waals surface area contributed by atoms with Gasteiger partial charge >= 0.3 is 0 Å². The number of ether oxygens (including phenoxy) is 1. The van der Waals surface area contributed by atoms with Crippen molar-refractivity contribution in [3.05, 3.63) is 70.2 Å². The monoisotopic (exact) mass is 528 g/mol. The molecule has 0 bridgehead atoms. The zero-order chi connectivity index (χ0) is 25.9. The second-order valence-electron chi connectivity index (χ2n) is 8.86. The molecule has 1 aromatic heterocycles. The first kappa shape index (κ1) is 25.8. The molecule has 1 aliphatic rings. The number of piperidine rings is 1. The number of likely N-dealkylation sites (tertiary alicyclic amines) is 1. The normalized spacial score (nSPS) is 14.6.